The number of benzene rings is 1. The van der Waals surface area contributed by atoms with Crippen molar-refractivity contribution in [3.63, 3.8) is 0 Å². The molecule has 1 aromatic heterocycles. The van der Waals surface area contributed by atoms with Gasteiger partial charge in [-0.15, -0.1) is 0 Å². The van der Waals surface area contributed by atoms with E-state index in [0.29, 0.717) is 11.3 Å². The maximum Gasteiger partial charge on any atom is 0.305 e. The molecule has 1 unspecified atom stereocenters. The fourth-order valence-electron chi connectivity index (χ4n) is 1.97. The van der Waals surface area contributed by atoms with Crippen LogP contribution in [0.3, 0.4) is 0 Å². The van der Waals surface area contributed by atoms with E-state index in [-0.39, 0.29) is 24.8 Å². The van der Waals surface area contributed by atoms with Crippen LogP contribution >= 0.6 is 0 Å². The van der Waals surface area contributed by atoms with Gasteiger partial charge in [0.2, 0.25) is 5.91 Å². The molecule has 0 saturated carbocycles. The minimum atomic E-state index is -0.973. The molecule has 1 aromatic carbocycles. The average Bonchev–Trinajstić information content (AvgIpc) is 3.08. The number of carboxylic acid groups (broad SMARTS) is 1. The van der Waals surface area contributed by atoms with E-state index in [9.17, 15) is 14.4 Å². The molecule has 2 aromatic rings. The van der Waals surface area contributed by atoms with Crippen LogP contribution in [0.5, 0.6) is 0 Å². The highest BCUT2D eigenvalue weighted by Gasteiger charge is 2.15. The van der Waals surface area contributed by atoms with E-state index >= 15 is 0 Å². The SMILES string of the molecule is CC(C(=O)Nc1ccc(C(=O)NCCC(=O)O)cc1)n1cccn1. The predicted octanol–water partition coefficient (Wildman–Crippen LogP) is 1.29. The standard InChI is InChI=1S/C16H18N4O4/c1-11(20-10-2-8-18-20)15(23)19-13-5-3-12(4-6-13)16(24)17-9-7-14(21)22/h2-6,8,10-11H,7,9H2,1H3,(H,17,24)(H,19,23)(H,21,22). The topological polar surface area (TPSA) is 113 Å². The van der Waals surface area contributed by atoms with Gasteiger partial charge in [-0.1, -0.05) is 0 Å². The lowest BCUT2D eigenvalue weighted by molar-refractivity contribution is -0.136. The Morgan fingerprint density at radius 3 is 2.54 bits per heavy atom. The van der Waals surface area contributed by atoms with E-state index in [1.807, 2.05) is 0 Å². The molecule has 0 saturated heterocycles. The van der Waals surface area contributed by atoms with Crippen LogP contribution in [0.4, 0.5) is 5.69 Å². The lowest BCUT2D eigenvalue weighted by atomic mass is 10.2. The molecule has 0 fully saturated rings. The van der Waals surface area contributed by atoms with Crippen LogP contribution in [0.15, 0.2) is 42.7 Å². The van der Waals surface area contributed by atoms with Gasteiger partial charge in [0.05, 0.1) is 6.42 Å². The normalized spacial score (nSPS) is 11.5. The Morgan fingerprint density at radius 2 is 1.96 bits per heavy atom. The highest BCUT2D eigenvalue weighted by molar-refractivity contribution is 5.96. The Kier molecular flexibility index (Phi) is 5.67. The molecule has 8 heteroatoms. The van der Waals surface area contributed by atoms with Crippen molar-refractivity contribution in [3.8, 4) is 0 Å². The van der Waals surface area contributed by atoms with Gasteiger partial charge >= 0.3 is 5.97 Å². The third kappa shape index (κ3) is 4.67. The molecule has 0 spiro atoms. The quantitative estimate of drug-likeness (QED) is 0.708. The fourth-order valence-corrected chi connectivity index (χ4v) is 1.97. The second-order valence-corrected chi connectivity index (χ2v) is 5.13. The van der Waals surface area contributed by atoms with E-state index in [0.717, 1.165) is 0 Å². The monoisotopic (exact) mass is 330 g/mol. The fraction of sp³-hybridized carbons (Fsp3) is 0.250. The zero-order valence-electron chi connectivity index (χ0n) is 13.1. The first-order valence-electron chi connectivity index (χ1n) is 7.37. The molecule has 2 rings (SSSR count). The summed E-state index contributed by atoms with van der Waals surface area (Å²) in [5, 5.41) is 17.8. The molecule has 3 N–H and O–H groups in total. The number of nitrogens with one attached hydrogen (secondary N) is 2. The first kappa shape index (κ1) is 17.2. The summed E-state index contributed by atoms with van der Waals surface area (Å²) in [4.78, 5) is 34.4. The van der Waals surface area contributed by atoms with Crippen LogP contribution in [0.2, 0.25) is 0 Å². The van der Waals surface area contributed by atoms with E-state index < -0.39 is 12.0 Å². The summed E-state index contributed by atoms with van der Waals surface area (Å²) in [5.74, 6) is -1.56. The Morgan fingerprint density at radius 1 is 1.25 bits per heavy atom. The minimum Gasteiger partial charge on any atom is -0.481 e. The van der Waals surface area contributed by atoms with Crippen molar-refractivity contribution in [2.75, 3.05) is 11.9 Å². The number of carbonyl (C=O) groups is 3. The Labute approximate surface area is 138 Å². The number of hydrogen-bond acceptors (Lipinski definition) is 4. The van der Waals surface area contributed by atoms with Gasteiger partial charge in [0.25, 0.3) is 5.91 Å². The van der Waals surface area contributed by atoms with Crippen molar-refractivity contribution < 1.29 is 19.5 Å². The number of carboxylic acids is 1. The van der Waals surface area contributed by atoms with Gasteiger partial charge in [-0.3, -0.25) is 19.1 Å². The summed E-state index contributed by atoms with van der Waals surface area (Å²) in [6, 6.07) is 7.62. The van der Waals surface area contributed by atoms with Crippen molar-refractivity contribution in [3.05, 3.63) is 48.3 Å². The number of aromatic nitrogens is 2. The number of anilines is 1. The van der Waals surface area contributed by atoms with Gasteiger partial charge in [-0.2, -0.15) is 5.10 Å². The molecule has 24 heavy (non-hydrogen) atoms. The van der Waals surface area contributed by atoms with Crippen molar-refractivity contribution in [1.29, 1.82) is 0 Å². The van der Waals surface area contributed by atoms with Gasteiger partial charge in [0, 0.05) is 30.2 Å². The minimum absolute atomic E-state index is 0.0635. The van der Waals surface area contributed by atoms with E-state index in [1.165, 1.54) is 0 Å². The Hall–Kier alpha value is -3.16. The molecule has 0 aliphatic heterocycles. The molecular weight excluding hydrogens is 312 g/mol. The number of aliphatic carboxylic acids is 1. The van der Waals surface area contributed by atoms with Crippen molar-refractivity contribution >= 4 is 23.5 Å². The van der Waals surface area contributed by atoms with Crippen LogP contribution in [-0.4, -0.2) is 39.2 Å². The lowest BCUT2D eigenvalue weighted by Gasteiger charge is -2.13. The van der Waals surface area contributed by atoms with Crippen LogP contribution < -0.4 is 10.6 Å². The lowest BCUT2D eigenvalue weighted by Crippen LogP contribution is -2.26. The summed E-state index contributed by atoms with van der Waals surface area (Å²) >= 11 is 0. The van der Waals surface area contributed by atoms with Crippen molar-refractivity contribution in [2.24, 2.45) is 0 Å². The Bertz CT molecular complexity index is 710. The van der Waals surface area contributed by atoms with Gasteiger partial charge < -0.3 is 15.7 Å². The summed E-state index contributed by atoms with van der Waals surface area (Å²) in [5.41, 5.74) is 0.944. The number of amides is 2. The molecule has 1 heterocycles. The first-order valence-corrected chi connectivity index (χ1v) is 7.37. The smallest absolute Gasteiger partial charge is 0.305 e. The van der Waals surface area contributed by atoms with Gasteiger partial charge in [0.1, 0.15) is 6.04 Å². The molecular formula is C16H18N4O4. The van der Waals surface area contributed by atoms with Crippen LogP contribution in [0.1, 0.15) is 29.7 Å². The predicted molar refractivity (Wildman–Crippen MR) is 86.6 cm³/mol. The number of rotatable bonds is 7. The van der Waals surface area contributed by atoms with Gasteiger partial charge in [-0.25, -0.2) is 0 Å². The zero-order chi connectivity index (χ0) is 17.5. The average molecular weight is 330 g/mol. The van der Waals surface area contributed by atoms with Crippen molar-refractivity contribution in [1.82, 2.24) is 15.1 Å². The molecule has 8 nitrogen and oxygen atoms in total. The van der Waals surface area contributed by atoms with E-state index in [4.69, 9.17) is 5.11 Å². The number of nitrogens with zero attached hydrogens (tertiary/aromatic N) is 2. The summed E-state index contributed by atoms with van der Waals surface area (Å²) in [6.07, 6.45) is 3.17. The summed E-state index contributed by atoms with van der Waals surface area (Å²) in [7, 11) is 0. The number of hydrogen-bond donors (Lipinski definition) is 3. The van der Waals surface area contributed by atoms with Crippen LogP contribution in [0.25, 0.3) is 0 Å². The molecule has 1 atom stereocenters. The third-order valence-electron chi connectivity index (χ3n) is 3.34. The van der Waals surface area contributed by atoms with Crippen LogP contribution in [-0.2, 0) is 9.59 Å². The second kappa shape index (κ2) is 7.91. The van der Waals surface area contributed by atoms with Gasteiger partial charge in [0.15, 0.2) is 0 Å². The van der Waals surface area contributed by atoms with E-state index in [2.05, 4.69) is 15.7 Å². The highest BCUT2D eigenvalue weighted by atomic mass is 16.4. The maximum absolute atomic E-state index is 12.1. The Balaban J connectivity index is 1.90. The second-order valence-electron chi connectivity index (χ2n) is 5.13. The highest BCUT2D eigenvalue weighted by Crippen LogP contribution is 2.13. The number of carbonyl (C=O) groups excluding carboxylic acids is 2. The zero-order valence-corrected chi connectivity index (χ0v) is 13.1. The maximum atomic E-state index is 12.1. The molecule has 0 aliphatic rings. The summed E-state index contributed by atoms with van der Waals surface area (Å²) in [6.45, 7) is 1.79. The summed E-state index contributed by atoms with van der Waals surface area (Å²) < 4.78 is 1.54. The van der Waals surface area contributed by atoms with E-state index in [1.54, 1.807) is 54.3 Å². The molecule has 0 aliphatic carbocycles. The molecule has 0 radical (unpaired) electrons. The molecule has 2 amide bonds. The molecule has 0 bridgehead atoms. The largest absolute Gasteiger partial charge is 0.481 e. The van der Waals surface area contributed by atoms with Crippen LogP contribution in [0, 0.1) is 0 Å². The van der Waals surface area contributed by atoms with Gasteiger partial charge in [-0.05, 0) is 37.3 Å². The first-order chi connectivity index (χ1) is 11.5. The molecule has 126 valence electrons. The van der Waals surface area contributed by atoms with Crippen molar-refractivity contribution in [2.45, 2.75) is 19.4 Å². The third-order valence-corrected chi connectivity index (χ3v) is 3.34.